The summed E-state index contributed by atoms with van der Waals surface area (Å²) in [6.07, 6.45) is 10.9. The van der Waals surface area contributed by atoms with Crippen molar-refractivity contribution in [2.75, 3.05) is 19.4 Å². The molecule has 1 saturated heterocycles. The molecule has 0 unspecified atom stereocenters. The Balaban J connectivity index is 1.56. The molecule has 1 aliphatic heterocycles. The van der Waals surface area contributed by atoms with E-state index in [-0.39, 0.29) is 24.1 Å². The first-order valence-electron chi connectivity index (χ1n) is 10.1. The van der Waals surface area contributed by atoms with Gasteiger partial charge in [0.2, 0.25) is 15.9 Å². The van der Waals surface area contributed by atoms with Crippen molar-refractivity contribution >= 4 is 15.9 Å². The van der Waals surface area contributed by atoms with Crippen molar-refractivity contribution in [1.29, 1.82) is 0 Å². The van der Waals surface area contributed by atoms with E-state index in [1.165, 1.54) is 12.5 Å². The zero-order valence-corrected chi connectivity index (χ0v) is 17.8. The van der Waals surface area contributed by atoms with Crippen LogP contribution in [0.25, 0.3) is 0 Å². The Hall–Kier alpha value is -1.45. The van der Waals surface area contributed by atoms with Gasteiger partial charge in [-0.1, -0.05) is 0 Å². The lowest BCUT2D eigenvalue weighted by Crippen LogP contribution is -2.58. The monoisotopic (exact) mass is 412 g/mol. The topological polar surface area (TPSA) is 93.5 Å². The normalized spacial score (nSPS) is 29.0. The number of nitrogens with one attached hydrogen (secondary N) is 1. The molecule has 1 aliphatic carbocycles. The summed E-state index contributed by atoms with van der Waals surface area (Å²) in [7, 11) is -1.40. The molecule has 0 spiro atoms. The molecule has 3 rings (SSSR count). The molecule has 2 atom stereocenters. The molecule has 2 fully saturated rings. The fourth-order valence-corrected chi connectivity index (χ4v) is 5.34. The van der Waals surface area contributed by atoms with Crippen LogP contribution < -0.4 is 4.72 Å². The molecular formula is C19H32N4O4S. The standard InChI is InChI=1S/C19H32N4O4S/c1-14(24)23-10-4-5-18(21-28(3,25)26)19(23)13-27-17-8-6-15(7-9-17)16-11-20-22(2)12-16/h11-12,15,17-19,21H,4-10,13H2,1-3H3/t15-,17+,18-,19-/m0/s1. The maximum absolute atomic E-state index is 12.1. The second kappa shape index (κ2) is 8.92. The van der Waals surface area contributed by atoms with Crippen molar-refractivity contribution < 1.29 is 17.9 Å². The average Bonchev–Trinajstić information content (AvgIpc) is 3.06. The minimum atomic E-state index is -3.34. The summed E-state index contributed by atoms with van der Waals surface area (Å²) < 4.78 is 34.2. The van der Waals surface area contributed by atoms with Gasteiger partial charge < -0.3 is 9.64 Å². The van der Waals surface area contributed by atoms with Gasteiger partial charge in [-0.15, -0.1) is 0 Å². The quantitative estimate of drug-likeness (QED) is 0.762. The number of hydrogen-bond donors (Lipinski definition) is 1. The van der Waals surface area contributed by atoms with Crippen molar-refractivity contribution in [3.05, 3.63) is 18.0 Å². The Morgan fingerprint density at radius 2 is 2.00 bits per heavy atom. The number of ether oxygens (including phenoxy) is 1. The van der Waals surface area contributed by atoms with E-state index in [0.29, 0.717) is 19.1 Å². The highest BCUT2D eigenvalue weighted by atomic mass is 32.2. The van der Waals surface area contributed by atoms with Gasteiger partial charge in [0.1, 0.15) is 0 Å². The van der Waals surface area contributed by atoms with E-state index in [4.69, 9.17) is 4.74 Å². The summed E-state index contributed by atoms with van der Waals surface area (Å²) in [6, 6.07) is -0.545. The maximum atomic E-state index is 12.1. The van der Waals surface area contributed by atoms with Crippen LogP contribution in [-0.4, -0.2) is 66.6 Å². The SMILES string of the molecule is CC(=O)N1CCC[C@H](NS(C)(=O)=O)[C@@H]1CO[C@H]1CC[C@@H](c2cnn(C)c2)CC1. The number of nitrogens with zero attached hydrogens (tertiary/aromatic N) is 3. The second-order valence-electron chi connectivity index (χ2n) is 8.17. The lowest BCUT2D eigenvalue weighted by molar-refractivity contribution is -0.136. The van der Waals surface area contributed by atoms with Crippen LogP contribution >= 0.6 is 0 Å². The van der Waals surface area contributed by atoms with E-state index in [0.717, 1.165) is 44.8 Å². The van der Waals surface area contributed by atoms with Gasteiger partial charge in [-0.2, -0.15) is 5.10 Å². The number of carbonyl (C=O) groups excluding carboxylic acids is 1. The van der Waals surface area contributed by atoms with E-state index < -0.39 is 10.0 Å². The number of carbonyl (C=O) groups is 1. The Morgan fingerprint density at radius 3 is 2.57 bits per heavy atom. The number of aromatic nitrogens is 2. The second-order valence-corrected chi connectivity index (χ2v) is 9.95. The lowest BCUT2D eigenvalue weighted by Gasteiger charge is -2.41. The van der Waals surface area contributed by atoms with Crippen LogP contribution in [0.2, 0.25) is 0 Å². The summed E-state index contributed by atoms with van der Waals surface area (Å²) in [5, 5.41) is 4.26. The van der Waals surface area contributed by atoms with E-state index >= 15 is 0 Å². The number of amides is 1. The van der Waals surface area contributed by atoms with E-state index in [9.17, 15) is 13.2 Å². The summed E-state index contributed by atoms with van der Waals surface area (Å²) in [6.45, 7) is 2.56. The fraction of sp³-hybridized carbons (Fsp3) is 0.789. The van der Waals surface area contributed by atoms with Gasteiger partial charge in [0.25, 0.3) is 0 Å². The number of likely N-dealkylation sites (tertiary alicyclic amines) is 1. The average molecular weight is 413 g/mol. The molecule has 0 aromatic carbocycles. The highest BCUT2D eigenvalue weighted by Gasteiger charge is 2.35. The van der Waals surface area contributed by atoms with Crippen molar-refractivity contribution in [3.63, 3.8) is 0 Å². The smallest absolute Gasteiger partial charge is 0.219 e. The van der Waals surface area contributed by atoms with Crippen LogP contribution in [-0.2, 0) is 26.6 Å². The molecule has 9 heteroatoms. The van der Waals surface area contributed by atoms with Crippen LogP contribution in [0.4, 0.5) is 0 Å². The molecule has 0 radical (unpaired) electrons. The highest BCUT2D eigenvalue weighted by Crippen LogP contribution is 2.34. The van der Waals surface area contributed by atoms with Crippen LogP contribution in [0.3, 0.4) is 0 Å². The van der Waals surface area contributed by atoms with E-state index in [2.05, 4.69) is 16.0 Å². The molecule has 1 saturated carbocycles. The molecular weight excluding hydrogens is 380 g/mol. The first-order chi connectivity index (χ1) is 13.2. The van der Waals surface area contributed by atoms with Crippen molar-refractivity contribution in [2.45, 2.75) is 69.6 Å². The third kappa shape index (κ3) is 5.55. The molecule has 0 bridgehead atoms. The van der Waals surface area contributed by atoms with Gasteiger partial charge in [-0.3, -0.25) is 9.48 Å². The summed E-state index contributed by atoms with van der Waals surface area (Å²) >= 11 is 0. The van der Waals surface area contributed by atoms with E-state index in [1.54, 1.807) is 4.90 Å². The third-order valence-electron chi connectivity index (χ3n) is 5.92. The Kier molecular flexibility index (Phi) is 6.77. The number of hydrogen-bond acceptors (Lipinski definition) is 5. The maximum Gasteiger partial charge on any atom is 0.219 e. The number of piperidine rings is 1. The Labute approximate surface area is 167 Å². The van der Waals surface area contributed by atoms with Crippen LogP contribution in [0.5, 0.6) is 0 Å². The number of aryl methyl sites for hydroxylation is 1. The van der Waals surface area contributed by atoms with Crippen molar-refractivity contribution in [3.8, 4) is 0 Å². The molecule has 8 nitrogen and oxygen atoms in total. The Bertz CT molecular complexity index is 771. The van der Waals surface area contributed by atoms with Gasteiger partial charge in [-0.05, 0) is 50.0 Å². The van der Waals surface area contributed by atoms with Gasteiger partial charge in [0, 0.05) is 32.8 Å². The van der Waals surface area contributed by atoms with Gasteiger partial charge in [-0.25, -0.2) is 13.1 Å². The molecule has 1 aromatic heterocycles. The number of rotatable bonds is 6. The molecule has 158 valence electrons. The summed E-state index contributed by atoms with van der Waals surface area (Å²) in [5.41, 5.74) is 1.29. The van der Waals surface area contributed by atoms with Gasteiger partial charge >= 0.3 is 0 Å². The molecule has 1 aromatic rings. The van der Waals surface area contributed by atoms with Crippen LogP contribution in [0.15, 0.2) is 12.4 Å². The molecule has 1 N–H and O–H groups in total. The number of sulfonamides is 1. The molecule has 1 amide bonds. The predicted octanol–water partition coefficient (Wildman–Crippen LogP) is 1.39. The summed E-state index contributed by atoms with van der Waals surface area (Å²) in [4.78, 5) is 13.8. The molecule has 28 heavy (non-hydrogen) atoms. The molecule has 2 heterocycles. The van der Waals surface area contributed by atoms with Gasteiger partial charge in [0.15, 0.2) is 0 Å². The Morgan fingerprint density at radius 1 is 1.29 bits per heavy atom. The zero-order valence-electron chi connectivity index (χ0n) is 17.0. The van der Waals surface area contributed by atoms with E-state index in [1.807, 2.05) is 17.9 Å². The predicted molar refractivity (Wildman–Crippen MR) is 106 cm³/mol. The largest absolute Gasteiger partial charge is 0.376 e. The van der Waals surface area contributed by atoms with Crippen LogP contribution in [0, 0.1) is 0 Å². The molecule has 2 aliphatic rings. The van der Waals surface area contributed by atoms with Crippen molar-refractivity contribution in [1.82, 2.24) is 19.4 Å². The van der Waals surface area contributed by atoms with Crippen molar-refractivity contribution in [2.24, 2.45) is 7.05 Å². The first-order valence-corrected chi connectivity index (χ1v) is 12.0. The zero-order chi connectivity index (χ0) is 20.3. The fourth-order valence-electron chi connectivity index (χ4n) is 4.51. The summed E-state index contributed by atoms with van der Waals surface area (Å²) in [5.74, 6) is 0.491. The van der Waals surface area contributed by atoms with Gasteiger partial charge in [0.05, 0.1) is 31.2 Å². The minimum absolute atomic E-state index is 0.0334. The third-order valence-corrected chi connectivity index (χ3v) is 6.65. The van der Waals surface area contributed by atoms with Crippen LogP contribution in [0.1, 0.15) is 56.9 Å². The highest BCUT2D eigenvalue weighted by molar-refractivity contribution is 7.88. The lowest BCUT2D eigenvalue weighted by atomic mass is 9.84. The first kappa shape index (κ1) is 21.3. The minimum Gasteiger partial charge on any atom is -0.376 e.